The maximum atomic E-state index is 5.61. The first-order valence-corrected chi connectivity index (χ1v) is 7.83. The topological polar surface area (TPSA) is 30.5 Å². The summed E-state index contributed by atoms with van der Waals surface area (Å²) in [4.78, 5) is 0. The molecule has 3 nitrogen and oxygen atoms in total. The van der Waals surface area contributed by atoms with Crippen molar-refractivity contribution in [2.45, 2.75) is 32.7 Å². The van der Waals surface area contributed by atoms with E-state index in [1.165, 1.54) is 24.8 Å². The molecule has 0 atom stereocenters. The van der Waals surface area contributed by atoms with Crippen molar-refractivity contribution in [3.63, 3.8) is 0 Å². The number of rotatable bonds is 10. The number of hydrogen-bond acceptors (Lipinski definition) is 3. The van der Waals surface area contributed by atoms with Crippen LogP contribution < -0.4 is 14.8 Å². The molecule has 0 radical (unpaired) electrons. The highest BCUT2D eigenvalue weighted by atomic mass is 79.9. The van der Waals surface area contributed by atoms with Crippen LogP contribution in [0.3, 0.4) is 0 Å². The predicted octanol–water partition coefficient (Wildman–Crippen LogP) is 4.30. The van der Waals surface area contributed by atoms with Gasteiger partial charge in [-0.05, 0) is 46.6 Å². The van der Waals surface area contributed by atoms with E-state index >= 15 is 0 Å². The normalized spacial score (nSPS) is 10.3. The Balaban J connectivity index is 2.64. The van der Waals surface area contributed by atoms with E-state index in [0.29, 0.717) is 6.61 Å². The molecule has 0 amide bonds. The fourth-order valence-corrected chi connectivity index (χ4v) is 2.49. The van der Waals surface area contributed by atoms with Crippen molar-refractivity contribution in [3.8, 4) is 11.5 Å². The number of nitrogens with one attached hydrogen (secondary N) is 1. The van der Waals surface area contributed by atoms with Crippen LogP contribution in [0.15, 0.2) is 29.3 Å². The third-order valence-corrected chi connectivity index (χ3v) is 3.51. The van der Waals surface area contributed by atoms with E-state index in [2.05, 4.69) is 40.8 Å². The van der Waals surface area contributed by atoms with Gasteiger partial charge in [0.2, 0.25) is 0 Å². The van der Waals surface area contributed by atoms with Gasteiger partial charge in [-0.2, -0.15) is 0 Å². The summed E-state index contributed by atoms with van der Waals surface area (Å²) in [6.45, 7) is 8.20. The van der Waals surface area contributed by atoms with E-state index in [1.54, 1.807) is 13.2 Å². The van der Waals surface area contributed by atoms with Gasteiger partial charge in [-0.15, -0.1) is 0 Å². The van der Waals surface area contributed by atoms with Gasteiger partial charge < -0.3 is 14.8 Å². The largest absolute Gasteiger partial charge is 0.493 e. The molecule has 0 saturated carbocycles. The predicted molar refractivity (Wildman–Crippen MR) is 87.6 cm³/mol. The zero-order valence-electron chi connectivity index (χ0n) is 12.4. The van der Waals surface area contributed by atoms with Crippen LogP contribution in [-0.2, 0) is 6.54 Å². The molecule has 1 rings (SSSR count). The molecular weight excluding hydrogens is 318 g/mol. The molecule has 1 N–H and O–H groups in total. The Morgan fingerprint density at radius 1 is 1.35 bits per heavy atom. The summed E-state index contributed by atoms with van der Waals surface area (Å²) in [5.41, 5.74) is 1.18. The van der Waals surface area contributed by atoms with Crippen molar-refractivity contribution in [3.05, 3.63) is 34.8 Å². The Bertz CT molecular complexity index is 421. The zero-order chi connectivity index (χ0) is 14.8. The third kappa shape index (κ3) is 5.55. The molecule has 0 aromatic heterocycles. The van der Waals surface area contributed by atoms with Gasteiger partial charge in [0.1, 0.15) is 6.61 Å². The average Bonchev–Trinajstić information content (AvgIpc) is 2.45. The van der Waals surface area contributed by atoms with E-state index in [9.17, 15) is 0 Å². The molecule has 1 aromatic rings. The highest BCUT2D eigenvalue weighted by Gasteiger charge is 2.11. The van der Waals surface area contributed by atoms with Crippen molar-refractivity contribution in [1.29, 1.82) is 0 Å². The van der Waals surface area contributed by atoms with Gasteiger partial charge in [0.05, 0.1) is 11.6 Å². The quantitative estimate of drug-likeness (QED) is 0.508. The van der Waals surface area contributed by atoms with Crippen LogP contribution in [0.25, 0.3) is 0 Å². The van der Waals surface area contributed by atoms with Gasteiger partial charge in [-0.1, -0.05) is 32.4 Å². The minimum absolute atomic E-state index is 0.462. The molecule has 0 aliphatic rings. The molecule has 4 heteroatoms. The second-order valence-corrected chi connectivity index (χ2v) is 5.45. The molecule has 0 spiro atoms. The van der Waals surface area contributed by atoms with Crippen LogP contribution >= 0.6 is 15.9 Å². The van der Waals surface area contributed by atoms with Gasteiger partial charge in [-0.3, -0.25) is 0 Å². The zero-order valence-corrected chi connectivity index (χ0v) is 14.0. The monoisotopic (exact) mass is 341 g/mol. The van der Waals surface area contributed by atoms with Gasteiger partial charge in [0.15, 0.2) is 11.5 Å². The summed E-state index contributed by atoms with van der Waals surface area (Å²) in [5, 5.41) is 3.44. The molecule has 0 heterocycles. The Morgan fingerprint density at radius 3 is 2.80 bits per heavy atom. The molecule has 0 saturated heterocycles. The van der Waals surface area contributed by atoms with Crippen LogP contribution in [-0.4, -0.2) is 20.3 Å². The van der Waals surface area contributed by atoms with Gasteiger partial charge in [-0.25, -0.2) is 0 Å². The lowest BCUT2D eigenvalue weighted by molar-refractivity contribution is 0.324. The van der Waals surface area contributed by atoms with Crippen molar-refractivity contribution in [1.82, 2.24) is 5.32 Å². The molecule has 0 aliphatic heterocycles. The summed E-state index contributed by atoms with van der Waals surface area (Å²) in [7, 11) is 1.65. The number of hydrogen-bond donors (Lipinski definition) is 1. The molecule has 1 aromatic carbocycles. The summed E-state index contributed by atoms with van der Waals surface area (Å²) in [6.07, 6.45) is 5.45. The number of benzene rings is 1. The standard InChI is InChI=1S/C16H24BrNO2/c1-4-6-7-8-18-12-13-10-14(17)16(20-9-5-2)15(11-13)19-3/h5,10-11,18H,2,4,6-9,12H2,1,3H3. The fourth-order valence-electron chi connectivity index (χ4n) is 1.89. The Hall–Kier alpha value is -1.00. The molecular formula is C16H24BrNO2. The lowest BCUT2D eigenvalue weighted by atomic mass is 10.2. The first-order valence-electron chi connectivity index (χ1n) is 7.03. The lowest BCUT2D eigenvalue weighted by Gasteiger charge is -2.14. The molecule has 0 aliphatic carbocycles. The highest BCUT2D eigenvalue weighted by Crippen LogP contribution is 2.36. The minimum atomic E-state index is 0.462. The van der Waals surface area contributed by atoms with Gasteiger partial charge in [0, 0.05) is 6.54 Å². The lowest BCUT2D eigenvalue weighted by Crippen LogP contribution is -2.14. The van der Waals surface area contributed by atoms with Gasteiger partial charge in [0.25, 0.3) is 0 Å². The molecule has 0 unspecified atom stereocenters. The second kappa shape index (κ2) is 9.83. The summed E-state index contributed by atoms with van der Waals surface area (Å²) < 4.78 is 11.9. The first kappa shape index (κ1) is 17.1. The smallest absolute Gasteiger partial charge is 0.175 e. The van der Waals surface area contributed by atoms with Gasteiger partial charge >= 0.3 is 0 Å². The van der Waals surface area contributed by atoms with Crippen LogP contribution in [0, 0.1) is 0 Å². The first-order chi connectivity index (χ1) is 9.72. The molecule has 0 fully saturated rings. The summed E-state index contributed by atoms with van der Waals surface area (Å²) in [6, 6.07) is 4.07. The van der Waals surface area contributed by atoms with Crippen LogP contribution in [0.2, 0.25) is 0 Å². The number of unbranched alkanes of at least 4 members (excludes halogenated alkanes) is 2. The van der Waals surface area contributed by atoms with E-state index in [1.807, 2.05) is 6.07 Å². The van der Waals surface area contributed by atoms with Crippen molar-refractivity contribution >= 4 is 15.9 Å². The minimum Gasteiger partial charge on any atom is -0.493 e. The number of halogens is 1. The average molecular weight is 342 g/mol. The van der Waals surface area contributed by atoms with E-state index in [-0.39, 0.29) is 0 Å². The maximum absolute atomic E-state index is 5.61. The van der Waals surface area contributed by atoms with Crippen LogP contribution in [0.1, 0.15) is 31.7 Å². The van der Waals surface area contributed by atoms with E-state index in [4.69, 9.17) is 9.47 Å². The molecule has 20 heavy (non-hydrogen) atoms. The Morgan fingerprint density at radius 2 is 2.15 bits per heavy atom. The second-order valence-electron chi connectivity index (χ2n) is 4.59. The Labute approximate surface area is 130 Å². The SMILES string of the molecule is C=CCOc1c(Br)cc(CNCCCCC)cc1OC. The number of ether oxygens (including phenoxy) is 2. The number of methoxy groups -OCH3 is 1. The maximum Gasteiger partial charge on any atom is 0.175 e. The Kier molecular flexibility index (Phi) is 8.38. The van der Waals surface area contributed by atoms with Crippen molar-refractivity contribution < 1.29 is 9.47 Å². The van der Waals surface area contributed by atoms with Crippen molar-refractivity contribution in [2.24, 2.45) is 0 Å². The van der Waals surface area contributed by atoms with E-state index in [0.717, 1.165) is 29.1 Å². The summed E-state index contributed by atoms with van der Waals surface area (Å²) in [5.74, 6) is 1.47. The molecule has 0 bridgehead atoms. The van der Waals surface area contributed by atoms with E-state index < -0.39 is 0 Å². The molecule has 112 valence electrons. The fraction of sp³-hybridized carbons (Fsp3) is 0.500. The third-order valence-electron chi connectivity index (χ3n) is 2.92. The van der Waals surface area contributed by atoms with Crippen LogP contribution in [0.5, 0.6) is 11.5 Å². The van der Waals surface area contributed by atoms with Crippen LogP contribution in [0.4, 0.5) is 0 Å². The highest BCUT2D eigenvalue weighted by molar-refractivity contribution is 9.10. The summed E-state index contributed by atoms with van der Waals surface area (Å²) >= 11 is 3.54. The van der Waals surface area contributed by atoms with Crippen molar-refractivity contribution in [2.75, 3.05) is 20.3 Å².